The van der Waals surface area contributed by atoms with E-state index in [1.165, 1.54) is 0 Å². The second-order valence-electron chi connectivity index (χ2n) is 7.15. The maximum absolute atomic E-state index is 13.7. The van der Waals surface area contributed by atoms with Crippen LogP contribution in [-0.2, 0) is 11.3 Å². The second-order valence-corrected chi connectivity index (χ2v) is 7.15. The molecule has 1 N–H and O–H groups in total. The van der Waals surface area contributed by atoms with Gasteiger partial charge in [0, 0.05) is 24.7 Å². The van der Waals surface area contributed by atoms with Gasteiger partial charge in [0.15, 0.2) is 0 Å². The predicted molar refractivity (Wildman–Crippen MR) is 119 cm³/mol. The Kier molecular flexibility index (Phi) is 7.91. The molecular formula is C25H24F2N2O3. The average molecular weight is 438 g/mol. The van der Waals surface area contributed by atoms with Crippen LogP contribution in [0.1, 0.15) is 28.8 Å². The van der Waals surface area contributed by atoms with Crippen LogP contribution in [0.3, 0.4) is 0 Å². The summed E-state index contributed by atoms with van der Waals surface area (Å²) in [7, 11) is 1.58. The number of ether oxygens (including phenoxy) is 1. The molecule has 32 heavy (non-hydrogen) atoms. The lowest BCUT2D eigenvalue weighted by atomic mass is 10.1. The van der Waals surface area contributed by atoms with E-state index in [4.69, 9.17) is 4.74 Å². The molecule has 0 radical (unpaired) electrons. The Morgan fingerprint density at radius 1 is 0.969 bits per heavy atom. The minimum atomic E-state index is -0.924. The molecule has 3 rings (SSSR count). The number of nitrogens with one attached hydrogen (secondary N) is 1. The van der Waals surface area contributed by atoms with Crippen molar-refractivity contribution in [1.29, 1.82) is 0 Å². The second kappa shape index (κ2) is 11.0. The van der Waals surface area contributed by atoms with Crippen molar-refractivity contribution in [3.63, 3.8) is 0 Å². The van der Waals surface area contributed by atoms with Crippen molar-refractivity contribution < 1.29 is 23.1 Å². The van der Waals surface area contributed by atoms with Crippen LogP contribution < -0.4 is 15.0 Å². The Balaban J connectivity index is 1.61. The van der Waals surface area contributed by atoms with Crippen LogP contribution in [0, 0.1) is 11.6 Å². The van der Waals surface area contributed by atoms with Crippen molar-refractivity contribution in [1.82, 2.24) is 5.32 Å². The largest absolute Gasteiger partial charge is 0.497 e. The number of methoxy groups -OCH3 is 1. The summed E-state index contributed by atoms with van der Waals surface area (Å²) < 4.78 is 31.9. The molecule has 0 bridgehead atoms. The summed E-state index contributed by atoms with van der Waals surface area (Å²) in [6.07, 6.45) is 0.555. The van der Waals surface area contributed by atoms with Crippen LogP contribution in [0.2, 0.25) is 0 Å². The van der Waals surface area contributed by atoms with Crippen LogP contribution in [0.4, 0.5) is 14.5 Å². The number of anilines is 1. The molecule has 3 aromatic carbocycles. The molecule has 0 saturated heterocycles. The fourth-order valence-corrected chi connectivity index (χ4v) is 3.20. The van der Waals surface area contributed by atoms with Gasteiger partial charge in [-0.15, -0.1) is 0 Å². The van der Waals surface area contributed by atoms with E-state index in [2.05, 4.69) is 5.32 Å². The minimum Gasteiger partial charge on any atom is -0.497 e. The highest BCUT2D eigenvalue weighted by molar-refractivity contribution is 5.95. The van der Waals surface area contributed by atoms with Crippen LogP contribution in [0.25, 0.3) is 0 Å². The highest BCUT2D eigenvalue weighted by atomic mass is 19.1. The molecule has 0 aliphatic rings. The Hall–Kier alpha value is -3.74. The fourth-order valence-electron chi connectivity index (χ4n) is 3.20. The summed E-state index contributed by atoms with van der Waals surface area (Å²) in [5.74, 6) is -1.74. The van der Waals surface area contributed by atoms with Gasteiger partial charge in [-0.2, -0.15) is 0 Å². The van der Waals surface area contributed by atoms with E-state index < -0.39 is 17.5 Å². The third kappa shape index (κ3) is 6.14. The third-order valence-corrected chi connectivity index (χ3v) is 4.90. The first-order valence-electron chi connectivity index (χ1n) is 10.2. The van der Waals surface area contributed by atoms with Gasteiger partial charge in [-0.3, -0.25) is 9.59 Å². The van der Waals surface area contributed by atoms with Gasteiger partial charge in [0.25, 0.3) is 5.91 Å². The zero-order valence-corrected chi connectivity index (χ0v) is 17.7. The van der Waals surface area contributed by atoms with Gasteiger partial charge in [0.2, 0.25) is 5.91 Å². The molecular weight excluding hydrogens is 414 g/mol. The molecule has 0 aliphatic heterocycles. The highest BCUT2D eigenvalue weighted by Crippen LogP contribution is 2.22. The summed E-state index contributed by atoms with van der Waals surface area (Å²) in [5.41, 5.74) is 1.48. The van der Waals surface area contributed by atoms with Crippen LogP contribution in [-0.4, -0.2) is 25.5 Å². The number of benzene rings is 3. The van der Waals surface area contributed by atoms with E-state index in [0.29, 0.717) is 24.8 Å². The minimum absolute atomic E-state index is 0.110. The van der Waals surface area contributed by atoms with E-state index in [9.17, 15) is 18.4 Å². The zero-order chi connectivity index (χ0) is 22.9. The smallest absolute Gasteiger partial charge is 0.254 e. The Bertz CT molecular complexity index is 1060. The maximum atomic E-state index is 13.7. The molecule has 0 aliphatic carbocycles. The SMILES string of the molecule is COc1ccc(N(Cc2ccccc2)C(=O)CCCNC(=O)c2ccc(F)cc2F)cc1. The summed E-state index contributed by atoms with van der Waals surface area (Å²) in [6, 6.07) is 19.6. The number of carbonyl (C=O) groups excluding carboxylic acids is 2. The van der Waals surface area contributed by atoms with Crippen LogP contribution >= 0.6 is 0 Å². The van der Waals surface area contributed by atoms with Gasteiger partial charge in [-0.05, 0) is 48.4 Å². The fraction of sp³-hybridized carbons (Fsp3) is 0.200. The van der Waals surface area contributed by atoms with Crippen molar-refractivity contribution in [3.8, 4) is 5.75 Å². The zero-order valence-electron chi connectivity index (χ0n) is 17.7. The molecule has 5 nitrogen and oxygen atoms in total. The van der Waals surface area contributed by atoms with E-state index in [-0.39, 0.29) is 24.4 Å². The number of hydrogen-bond acceptors (Lipinski definition) is 3. The van der Waals surface area contributed by atoms with Gasteiger partial charge in [0.05, 0.1) is 19.2 Å². The van der Waals surface area contributed by atoms with Crippen LogP contribution in [0.5, 0.6) is 5.75 Å². The molecule has 0 fully saturated rings. The molecule has 3 aromatic rings. The normalized spacial score (nSPS) is 10.5. The number of amides is 2. The third-order valence-electron chi connectivity index (χ3n) is 4.90. The Morgan fingerprint density at radius 2 is 1.69 bits per heavy atom. The topological polar surface area (TPSA) is 58.6 Å². The lowest BCUT2D eigenvalue weighted by Gasteiger charge is -2.23. The lowest BCUT2D eigenvalue weighted by molar-refractivity contribution is -0.118. The Labute approximate surface area is 185 Å². The standard InChI is InChI=1S/C25H24F2N2O3/c1-32-21-12-10-20(11-13-21)29(17-18-6-3-2-4-7-18)24(30)8-5-15-28-25(31)22-14-9-19(26)16-23(22)27/h2-4,6-7,9-14,16H,5,8,15,17H2,1H3,(H,28,31). The van der Waals surface area contributed by atoms with E-state index >= 15 is 0 Å². The van der Waals surface area contributed by atoms with E-state index in [1.54, 1.807) is 24.1 Å². The molecule has 0 heterocycles. The van der Waals surface area contributed by atoms with Crippen molar-refractivity contribution in [2.24, 2.45) is 0 Å². The lowest BCUT2D eigenvalue weighted by Crippen LogP contribution is -2.31. The number of carbonyl (C=O) groups is 2. The molecule has 7 heteroatoms. The van der Waals surface area contributed by atoms with Gasteiger partial charge in [-0.25, -0.2) is 8.78 Å². The molecule has 2 amide bonds. The van der Waals surface area contributed by atoms with Crippen LogP contribution in [0.15, 0.2) is 72.8 Å². The van der Waals surface area contributed by atoms with Crippen molar-refractivity contribution in [3.05, 3.63) is 95.6 Å². The van der Waals surface area contributed by atoms with Gasteiger partial charge >= 0.3 is 0 Å². The number of halogens is 2. The maximum Gasteiger partial charge on any atom is 0.254 e. The first-order chi connectivity index (χ1) is 15.5. The molecule has 0 aromatic heterocycles. The van der Waals surface area contributed by atoms with Gasteiger partial charge < -0.3 is 15.0 Å². The quantitative estimate of drug-likeness (QED) is 0.492. The highest BCUT2D eigenvalue weighted by Gasteiger charge is 2.17. The molecule has 0 unspecified atom stereocenters. The van der Waals surface area contributed by atoms with Crippen molar-refractivity contribution in [2.75, 3.05) is 18.6 Å². The summed E-state index contributed by atoms with van der Waals surface area (Å²) in [5, 5.41) is 2.57. The predicted octanol–water partition coefficient (Wildman–Crippen LogP) is 4.72. The number of nitrogens with zero attached hydrogens (tertiary/aromatic N) is 1. The molecule has 0 saturated carbocycles. The number of hydrogen-bond donors (Lipinski definition) is 1. The molecule has 0 spiro atoms. The van der Waals surface area contributed by atoms with Gasteiger partial charge in [0.1, 0.15) is 17.4 Å². The van der Waals surface area contributed by atoms with Gasteiger partial charge in [-0.1, -0.05) is 30.3 Å². The summed E-state index contributed by atoms with van der Waals surface area (Å²) in [4.78, 5) is 26.8. The monoisotopic (exact) mass is 438 g/mol. The van der Waals surface area contributed by atoms with E-state index in [0.717, 1.165) is 23.4 Å². The molecule has 166 valence electrons. The van der Waals surface area contributed by atoms with Crippen molar-refractivity contribution >= 4 is 17.5 Å². The van der Waals surface area contributed by atoms with Crippen molar-refractivity contribution in [2.45, 2.75) is 19.4 Å². The average Bonchev–Trinajstić information content (AvgIpc) is 2.81. The summed E-state index contributed by atoms with van der Waals surface area (Å²) >= 11 is 0. The summed E-state index contributed by atoms with van der Waals surface area (Å²) in [6.45, 7) is 0.586. The van der Waals surface area contributed by atoms with E-state index in [1.807, 2.05) is 42.5 Å². The first-order valence-corrected chi connectivity index (χ1v) is 10.2. The number of rotatable bonds is 9. The first kappa shape index (κ1) is 22.9. The Morgan fingerprint density at radius 3 is 2.34 bits per heavy atom. The molecule has 0 atom stereocenters.